The number of unbranched alkanes of at least 4 members (excludes halogenated alkanes) is 5. The summed E-state index contributed by atoms with van der Waals surface area (Å²) in [4.78, 5) is 32.0. The maximum absolute atomic E-state index is 11.7. The van der Waals surface area contributed by atoms with E-state index in [1.165, 1.54) is 0 Å². The van der Waals surface area contributed by atoms with E-state index >= 15 is 0 Å². The van der Waals surface area contributed by atoms with Crippen molar-refractivity contribution >= 4 is 12.3 Å². The Kier molecular flexibility index (Phi) is 10.1. The molecule has 1 saturated carbocycles. The summed E-state index contributed by atoms with van der Waals surface area (Å²) in [6.07, 6.45) is 11.7. The van der Waals surface area contributed by atoms with Crippen molar-refractivity contribution in [2.45, 2.75) is 82.8 Å². The van der Waals surface area contributed by atoms with Crippen molar-refractivity contribution in [1.82, 2.24) is 0 Å². The molecule has 6 heteroatoms. The second-order valence-electron chi connectivity index (χ2n) is 7.05. The van der Waals surface area contributed by atoms with Gasteiger partial charge in [0.05, 0.1) is 32.0 Å². The molecule has 3 atom stereocenters. The average molecular weight is 356 g/mol. The summed E-state index contributed by atoms with van der Waals surface area (Å²) in [5.41, 5.74) is 0. The molecule has 1 heterocycles. The van der Waals surface area contributed by atoms with Crippen LogP contribution in [0, 0.1) is 5.92 Å². The Bertz CT molecular complexity index is 386. The normalized spacial score (nSPS) is 24.6. The average Bonchev–Trinajstić information content (AvgIpc) is 3.39. The highest BCUT2D eigenvalue weighted by Crippen LogP contribution is 2.39. The predicted molar refractivity (Wildman–Crippen MR) is 91.9 cm³/mol. The van der Waals surface area contributed by atoms with E-state index in [9.17, 15) is 9.59 Å². The van der Waals surface area contributed by atoms with Crippen molar-refractivity contribution in [2.75, 3.05) is 19.8 Å². The van der Waals surface area contributed by atoms with Crippen LogP contribution in [0.25, 0.3) is 0 Å². The highest BCUT2D eigenvalue weighted by molar-refractivity contribution is 5.69. The van der Waals surface area contributed by atoms with Crippen molar-refractivity contribution in [3.05, 3.63) is 0 Å². The summed E-state index contributed by atoms with van der Waals surface area (Å²) in [5, 5.41) is 0. The molecule has 0 aromatic rings. The van der Waals surface area contributed by atoms with Crippen LogP contribution in [0.4, 0.5) is 0 Å². The minimum absolute atomic E-state index is 0.0914. The number of ether oxygens (including phenoxy) is 2. The van der Waals surface area contributed by atoms with Gasteiger partial charge in [-0.1, -0.05) is 12.8 Å². The SMILES string of the molecule is O=CCCCCCOOCCCCCC(=O)OCC1CCC2OC2C1. The van der Waals surface area contributed by atoms with Crippen LogP contribution in [0.15, 0.2) is 0 Å². The van der Waals surface area contributed by atoms with E-state index in [1.807, 2.05) is 0 Å². The van der Waals surface area contributed by atoms with Gasteiger partial charge in [0.1, 0.15) is 6.29 Å². The Morgan fingerprint density at radius 3 is 2.44 bits per heavy atom. The number of rotatable bonds is 15. The van der Waals surface area contributed by atoms with E-state index in [0.717, 1.165) is 64.1 Å². The van der Waals surface area contributed by atoms with Crippen molar-refractivity contribution in [3.8, 4) is 0 Å². The van der Waals surface area contributed by atoms with E-state index in [0.29, 0.717) is 50.8 Å². The lowest BCUT2D eigenvalue weighted by atomic mass is 9.90. The minimum Gasteiger partial charge on any atom is -0.465 e. The van der Waals surface area contributed by atoms with Gasteiger partial charge in [-0.25, -0.2) is 9.78 Å². The number of carbonyl (C=O) groups is 2. The Labute approximate surface area is 150 Å². The standard InChI is InChI=1S/C19H32O6/c20-11-5-1-2-6-12-23-24-13-7-3-4-8-19(21)22-15-16-9-10-17-18(14-16)25-17/h11,16-18H,1-10,12-15H2. The first-order valence-electron chi connectivity index (χ1n) is 9.78. The number of fused-ring (bicyclic) bond motifs is 1. The molecule has 0 bridgehead atoms. The lowest BCUT2D eigenvalue weighted by molar-refractivity contribution is -0.295. The summed E-state index contributed by atoms with van der Waals surface area (Å²) in [6.45, 7) is 1.67. The fourth-order valence-corrected chi connectivity index (χ4v) is 3.21. The zero-order valence-corrected chi connectivity index (χ0v) is 15.2. The molecule has 2 fully saturated rings. The highest BCUT2D eigenvalue weighted by Gasteiger charge is 2.43. The van der Waals surface area contributed by atoms with Gasteiger partial charge in [0, 0.05) is 12.8 Å². The largest absolute Gasteiger partial charge is 0.465 e. The topological polar surface area (TPSA) is 74.4 Å². The minimum atomic E-state index is -0.0914. The lowest BCUT2D eigenvalue weighted by Gasteiger charge is -2.18. The quantitative estimate of drug-likeness (QED) is 0.112. The van der Waals surface area contributed by atoms with E-state index in [1.54, 1.807) is 0 Å². The van der Waals surface area contributed by atoms with Crippen LogP contribution in [0.2, 0.25) is 0 Å². The smallest absolute Gasteiger partial charge is 0.305 e. The number of epoxide rings is 1. The molecule has 0 aromatic heterocycles. The van der Waals surface area contributed by atoms with Crippen molar-refractivity contribution in [1.29, 1.82) is 0 Å². The molecule has 2 aliphatic rings. The summed E-state index contributed by atoms with van der Waals surface area (Å²) >= 11 is 0. The molecule has 2 rings (SSSR count). The van der Waals surface area contributed by atoms with Gasteiger partial charge in [-0.2, -0.15) is 0 Å². The monoisotopic (exact) mass is 356 g/mol. The van der Waals surface area contributed by atoms with Gasteiger partial charge in [0.25, 0.3) is 0 Å². The van der Waals surface area contributed by atoms with Crippen LogP contribution in [0.1, 0.15) is 70.6 Å². The van der Waals surface area contributed by atoms with Gasteiger partial charge in [-0.05, 0) is 50.9 Å². The lowest BCUT2D eigenvalue weighted by Crippen LogP contribution is -2.20. The highest BCUT2D eigenvalue weighted by atomic mass is 17.2. The number of carbonyl (C=O) groups excluding carboxylic acids is 2. The maximum Gasteiger partial charge on any atom is 0.305 e. The number of esters is 1. The van der Waals surface area contributed by atoms with E-state index in [4.69, 9.17) is 19.2 Å². The molecular weight excluding hydrogens is 324 g/mol. The third-order valence-electron chi connectivity index (χ3n) is 4.83. The molecular formula is C19H32O6. The molecule has 25 heavy (non-hydrogen) atoms. The van der Waals surface area contributed by atoms with Crippen LogP contribution >= 0.6 is 0 Å². The van der Waals surface area contributed by atoms with E-state index < -0.39 is 0 Å². The second-order valence-corrected chi connectivity index (χ2v) is 7.05. The zero-order chi connectivity index (χ0) is 17.7. The molecule has 3 unspecified atom stereocenters. The first kappa shape index (κ1) is 20.3. The Morgan fingerprint density at radius 2 is 1.72 bits per heavy atom. The molecule has 0 aromatic carbocycles. The predicted octanol–water partition coefficient (Wildman–Crippen LogP) is 3.37. The third kappa shape index (κ3) is 9.33. The van der Waals surface area contributed by atoms with Gasteiger partial charge in [-0.3, -0.25) is 4.79 Å². The summed E-state index contributed by atoms with van der Waals surface area (Å²) in [7, 11) is 0. The van der Waals surface area contributed by atoms with Crippen LogP contribution in [0.3, 0.4) is 0 Å². The summed E-state index contributed by atoms with van der Waals surface area (Å²) in [5.74, 6) is 0.392. The molecule has 1 aliphatic heterocycles. The maximum atomic E-state index is 11.7. The van der Waals surface area contributed by atoms with E-state index in [-0.39, 0.29) is 5.97 Å². The fraction of sp³-hybridized carbons (Fsp3) is 0.895. The van der Waals surface area contributed by atoms with Crippen molar-refractivity contribution in [3.63, 3.8) is 0 Å². The molecule has 6 nitrogen and oxygen atoms in total. The van der Waals surface area contributed by atoms with E-state index in [2.05, 4.69) is 0 Å². The molecule has 0 spiro atoms. The number of hydrogen-bond acceptors (Lipinski definition) is 6. The molecule has 0 amide bonds. The zero-order valence-electron chi connectivity index (χ0n) is 15.2. The summed E-state index contributed by atoms with van der Waals surface area (Å²) in [6, 6.07) is 0. The first-order valence-corrected chi connectivity index (χ1v) is 9.78. The molecule has 1 saturated heterocycles. The molecule has 1 aliphatic carbocycles. The van der Waals surface area contributed by atoms with Gasteiger partial charge < -0.3 is 14.3 Å². The van der Waals surface area contributed by atoms with Crippen molar-refractivity contribution in [2.24, 2.45) is 5.92 Å². The fourth-order valence-electron chi connectivity index (χ4n) is 3.21. The molecule has 144 valence electrons. The van der Waals surface area contributed by atoms with Gasteiger partial charge in [-0.15, -0.1) is 0 Å². The first-order chi connectivity index (χ1) is 12.3. The van der Waals surface area contributed by atoms with Gasteiger partial charge in [0.15, 0.2) is 0 Å². The van der Waals surface area contributed by atoms with Crippen LogP contribution in [-0.2, 0) is 28.8 Å². The Morgan fingerprint density at radius 1 is 0.960 bits per heavy atom. The van der Waals surface area contributed by atoms with Crippen molar-refractivity contribution < 1.29 is 28.8 Å². The van der Waals surface area contributed by atoms with Crippen LogP contribution in [0.5, 0.6) is 0 Å². The van der Waals surface area contributed by atoms with Gasteiger partial charge in [0.2, 0.25) is 0 Å². The third-order valence-corrected chi connectivity index (χ3v) is 4.83. The molecule has 0 N–H and O–H groups in total. The van der Waals surface area contributed by atoms with Crippen LogP contribution in [-0.4, -0.2) is 44.3 Å². The second kappa shape index (κ2) is 12.4. The number of hydrogen-bond donors (Lipinski definition) is 0. The Hall–Kier alpha value is -0.980. The van der Waals surface area contributed by atoms with Gasteiger partial charge >= 0.3 is 5.97 Å². The summed E-state index contributed by atoms with van der Waals surface area (Å²) < 4.78 is 10.9. The Balaban J connectivity index is 1.30. The van der Waals surface area contributed by atoms with Crippen LogP contribution < -0.4 is 0 Å². The number of aldehydes is 1. The molecule has 0 radical (unpaired) electrons.